The first-order chi connectivity index (χ1) is 12.6. The van der Waals surface area contributed by atoms with Gasteiger partial charge in [0.2, 0.25) is 5.75 Å². The Morgan fingerprint density at radius 2 is 1.46 bits per heavy atom. The lowest BCUT2D eigenvalue weighted by Crippen LogP contribution is -1.96. The van der Waals surface area contributed by atoms with Crippen molar-refractivity contribution in [1.29, 1.82) is 0 Å². The van der Waals surface area contributed by atoms with Crippen LogP contribution in [0.25, 0.3) is 22.4 Å². The molecule has 7 heteroatoms. The lowest BCUT2D eigenvalue weighted by molar-refractivity contribution is 0.324. The molecule has 6 nitrogen and oxygen atoms in total. The summed E-state index contributed by atoms with van der Waals surface area (Å²) in [6, 6.07) is 8.96. The second-order valence-electron chi connectivity index (χ2n) is 5.38. The van der Waals surface area contributed by atoms with Crippen LogP contribution in [0.2, 0.25) is 0 Å². The molecule has 0 amide bonds. The van der Waals surface area contributed by atoms with Gasteiger partial charge in [-0.3, -0.25) is 0 Å². The van der Waals surface area contributed by atoms with E-state index in [1.807, 2.05) is 23.6 Å². The third kappa shape index (κ3) is 3.13. The van der Waals surface area contributed by atoms with Gasteiger partial charge in [0.15, 0.2) is 23.0 Å². The number of methoxy groups -OCH3 is 4. The zero-order chi connectivity index (χ0) is 18.7. The minimum atomic E-state index is 0.0760. The van der Waals surface area contributed by atoms with Crippen LogP contribution in [0.5, 0.6) is 28.7 Å². The molecule has 1 N–H and O–H groups in total. The van der Waals surface area contributed by atoms with Crippen LogP contribution in [0.15, 0.2) is 35.7 Å². The molecule has 26 heavy (non-hydrogen) atoms. The van der Waals surface area contributed by atoms with Crippen LogP contribution < -0.4 is 18.9 Å². The highest BCUT2D eigenvalue weighted by Crippen LogP contribution is 2.44. The number of benzene rings is 2. The van der Waals surface area contributed by atoms with Crippen LogP contribution in [-0.2, 0) is 0 Å². The number of aromatic hydroxyl groups is 1. The molecule has 136 valence electrons. The van der Waals surface area contributed by atoms with Gasteiger partial charge in [-0.1, -0.05) is 6.07 Å². The van der Waals surface area contributed by atoms with Gasteiger partial charge in [-0.05, 0) is 41.4 Å². The van der Waals surface area contributed by atoms with E-state index in [1.54, 1.807) is 33.5 Å². The highest BCUT2D eigenvalue weighted by Gasteiger charge is 2.18. The van der Waals surface area contributed by atoms with Crippen molar-refractivity contribution in [3.63, 3.8) is 0 Å². The van der Waals surface area contributed by atoms with E-state index < -0.39 is 0 Å². The maximum Gasteiger partial charge on any atom is 0.203 e. The average Bonchev–Trinajstić information content (AvgIpc) is 3.16. The fourth-order valence-electron chi connectivity index (χ4n) is 2.73. The van der Waals surface area contributed by atoms with Gasteiger partial charge in [-0.2, -0.15) is 4.37 Å². The largest absolute Gasteiger partial charge is 0.504 e. The molecule has 3 rings (SSSR count). The van der Waals surface area contributed by atoms with Crippen LogP contribution >= 0.6 is 11.5 Å². The standard InChI is InChI=1S/C19H19NO5S/c1-22-15-6-5-11(7-14(15)21)13-10-26-20-18(13)12-8-16(23-2)19(25-4)17(9-12)24-3/h5-10,21H,1-4H3. The van der Waals surface area contributed by atoms with Crippen LogP contribution in [0.1, 0.15) is 0 Å². The number of aromatic nitrogens is 1. The average molecular weight is 373 g/mol. The molecule has 0 fully saturated rings. The van der Waals surface area contributed by atoms with E-state index in [0.717, 1.165) is 22.4 Å². The Bertz CT molecular complexity index is 897. The molecule has 0 spiro atoms. The quantitative estimate of drug-likeness (QED) is 0.698. The van der Waals surface area contributed by atoms with Crippen molar-refractivity contribution >= 4 is 11.5 Å². The summed E-state index contributed by atoms with van der Waals surface area (Å²) in [7, 11) is 6.23. The van der Waals surface area contributed by atoms with E-state index in [1.165, 1.54) is 18.6 Å². The monoisotopic (exact) mass is 373 g/mol. The predicted octanol–water partition coefficient (Wildman–Crippen LogP) is 4.22. The van der Waals surface area contributed by atoms with Crippen molar-refractivity contribution in [2.24, 2.45) is 0 Å². The maximum absolute atomic E-state index is 10.1. The van der Waals surface area contributed by atoms with Gasteiger partial charge >= 0.3 is 0 Å². The van der Waals surface area contributed by atoms with E-state index in [-0.39, 0.29) is 5.75 Å². The smallest absolute Gasteiger partial charge is 0.203 e. The minimum Gasteiger partial charge on any atom is -0.504 e. The van der Waals surface area contributed by atoms with Crippen molar-refractivity contribution in [3.8, 4) is 51.1 Å². The van der Waals surface area contributed by atoms with Gasteiger partial charge in [0.1, 0.15) is 0 Å². The summed E-state index contributed by atoms with van der Waals surface area (Å²) in [5.41, 5.74) is 3.31. The number of hydrogen-bond donors (Lipinski definition) is 1. The third-order valence-electron chi connectivity index (χ3n) is 4.00. The molecule has 0 aliphatic rings. The number of ether oxygens (including phenoxy) is 4. The number of nitrogens with zero attached hydrogens (tertiary/aromatic N) is 1. The van der Waals surface area contributed by atoms with Gasteiger partial charge in [-0.25, -0.2) is 0 Å². The summed E-state index contributed by atoms with van der Waals surface area (Å²) in [6.07, 6.45) is 0. The molecule has 0 saturated carbocycles. The van der Waals surface area contributed by atoms with Gasteiger partial charge in [0, 0.05) is 16.5 Å². The van der Waals surface area contributed by atoms with Crippen molar-refractivity contribution in [1.82, 2.24) is 4.37 Å². The minimum absolute atomic E-state index is 0.0760. The Balaban J connectivity index is 2.13. The number of phenols is 1. The molecule has 0 radical (unpaired) electrons. The Labute approximate surface area is 155 Å². The van der Waals surface area contributed by atoms with Gasteiger partial charge in [0.25, 0.3) is 0 Å². The highest BCUT2D eigenvalue weighted by molar-refractivity contribution is 7.04. The van der Waals surface area contributed by atoms with Crippen molar-refractivity contribution in [2.75, 3.05) is 28.4 Å². The summed E-state index contributed by atoms with van der Waals surface area (Å²) in [4.78, 5) is 0. The van der Waals surface area contributed by atoms with E-state index in [9.17, 15) is 5.11 Å². The van der Waals surface area contributed by atoms with Gasteiger partial charge in [-0.15, -0.1) is 0 Å². The van der Waals surface area contributed by atoms with E-state index in [0.29, 0.717) is 23.0 Å². The van der Waals surface area contributed by atoms with E-state index in [4.69, 9.17) is 18.9 Å². The molecular formula is C19H19NO5S. The molecule has 0 aliphatic heterocycles. The topological polar surface area (TPSA) is 70.0 Å². The molecule has 3 aromatic rings. The fourth-order valence-corrected chi connectivity index (χ4v) is 3.44. The zero-order valence-corrected chi connectivity index (χ0v) is 15.7. The number of rotatable bonds is 6. The summed E-state index contributed by atoms with van der Waals surface area (Å²) < 4.78 is 25.9. The van der Waals surface area contributed by atoms with Crippen LogP contribution in [0.4, 0.5) is 0 Å². The molecule has 0 saturated heterocycles. The second-order valence-corrected chi connectivity index (χ2v) is 6.01. The molecule has 1 heterocycles. The predicted molar refractivity (Wildman–Crippen MR) is 101 cm³/mol. The molecular weight excluding hydrogens is 354 g/mol. The van der Waals surface area contributed by atoms with Gasteiger partial charge in [0.05, 0.1) is 34.1 Å². The molecule has 0 aliphatic carbocycles. The molecule has 0 unspecified atom stereocenters. The van der Waals surface area contributed by atoms with Crippen LogP contribution in [0, 0.1) is 0 Å². The SMILES string of the molecule is COc1ccc(-c2csnc2-c2cc(OC)c(OC)c(OC)c2)cc1O. The number of phenolic OH excluding ortho intramolecular Hbond substituents is 1. The Kier molecular flexibility index (Phi) is 5.18. The maximum atomic E-state index is 10.1. The summed E-state index contributed by atoms with van der Waals surface area (Å²) in [5.74, 6) is 2.13. The molecule has 1 aromatic heterocycles. The molecule has 0 atom stereocenters. The first-order valence-electron chi connectivity index (χ1n) is 7.75. The summed E-state index contributed by atoms with van der Waals surface area (Å²) >= 11 is 1.33. The van der Waals surface area contributed by atoms with Gasteiger partial charge < -0.3 is 24.1 Å². The molecule has 0 bridgehead atoms. The van der Waals surface area contributed by atoms with Crippen molar-refractivity contribution in [2.45, 2.75) is 0 Å². The Morgan fingerprint density at radius 3 is 2.00 bits per heavy atom. The highest BCUT2D eigenvalue weighted by atomic mass is 32.1. The van der Waals surface area contributed by atoms with E-state index in [2.05, 4.69) is 4.37 Å². The van der Waals surface area contributed by atoms with Crippen LogP contribution in [0.3, 0.4) is 0 Å². The first-order valence-corrected chi connectivity index (χ1v) is 8.58. The second kappa shape index (κ2) is 7.53. The third-order valence-corrected chi connectivity index (χ3v) is 4.63. The van der Waals surface area contributed by atoms with E-state index >= 15 is 0 Å². The molecule has 2 aromatic carbocycles. The normalized spacial score (nSPS) is 10.5. The Hall–Kier alpha value is -2.93. The van der Waals surface area contributed by atoms with Crippen LogP contribution in [-0.4, -0.2) is 37.9 Å². The summed E-state index contributed by atoms with van der Waals surface area (Å²) in [5, 5.41) is 12.0. The number of hydrogen-bond acceptors (Lipinski definition) is 7. The van der Waals surface area contributed by atoms with Crippen molar-refractivity contribution in [3.05, 3.63) is 35.7 Å². The first kappa shape index (κ1) is 17.9. The van der Waals surface area contributed by atoms with Crippen molar-refractivity contribution < 1.29 is 24.1 Å². The summed E-state index contributed by atoms with van der Waals surface area (Å²) in [6.45, 7) is 0. The lowest BCUT2D eigenvalue weighted by Gasteiger charge is -2.14. The zero-order valence-electron chi connectivity index (χ0n) is 14.9. The Morgan fingerprint density at radius 1 is 0.808 bits per heavy atom. The fraction of sp³-hybridized carbons (Fsp3) is 0.211. The lowest BCUT2D eigenvalue weighted by atomic mass is 10.0.